The van der Waals surface area contributed by atoms with Crippen LogP contribution in [0, 0.1) is 0 Å². The van der Waals surface area contributed by atoms with Gasteiger partial charge in [0.25, 0.3) is 5.91 Å². The molecule has 0 fully saturated rings. The van der Waals surface area contributed by atoms with Crippen LogP contribution in [-0.2, 0) is 12.8 Å². The molecule has 0 radical (unpaired) electrons. The van der Waals surface area contributed by atoms with Gasteiger partial charge in [-0.25, -0.2) is 4.98 Å². The van der Waals surface area contributed by atoms with Gasteiger partial charge in [0.1, 0.15) is 11.5 Å². The van der Waals surface area contributed by atoms with Crippen molar-refractivity contribution in [2.24, 2.45) is 5.73 Å². The molecule has 6 nitrogen and oxygen atoms in total. The summed E-state index contributed by atoms with van der Waals surface area (Å²) in [5.41, 5.74) is 7.30. The van der Waals surface area contributed by atoms with Crippen molar-refractivity contribution in [3.8, 4) is 11.5 Å². The summed E-state index contributed by atoms with van der Waals surface area (Å²) in [7, 11) is 0. The Morgan fingerprint density at radius 3 is 2.14 bits per heavy atom. The van der Waals surface area contributed by atoms with E-state index in [0.29, 0.717) is 27.8 Å². The third-order valence-electron chi connectivity index (χ3n) is 4.56. The number of amides is 2. The number of anilines is 1. The maximum Gasteiger partial charge on any atom is 0.257 e. The normalized spacial score (nSPS) is 12.9. The topological polar surface area (TPSA) is 94.3 Å². The summed E-state index contributed by atoms with van der Waals surface area (Å²) in [5.74, 6) is 0.495. The Hall–Kier alpha value is -3.19. The largest absolute Gasteiger partial charge is 0.457 e. The minimum Gasteiger partial charge on any atom is -0.457 e. The van der Waals surface area contributed by atoms with Gasteiger partial charge in [0.15, 0.2) is 5.13 Å². The number of nitrogens with two attached hydrogens (primary N) is 1. The number of hydrogen-bond acceptors (Lipinski definition) is 5. The fourth-order valence-electron chi connectivity index (χ4n) is 3.07. The number of primary amides is 1. The van der Waals surface area contributed by atoms with Gasteiger partial charge in [-0.2, -0.15) is 0 Å². The summed E-state index contributed by atoms with van der Waals surface area (Å²) >= 11 is 1.57. The molecule has 2 amide bonds. The van der Waals surface area contributed by atoms with Crippen molar-refractivity contribution in [3.05, 3.63) is 70.2 Å². The van der Waals surface area contributed by atoms with E-state index in [9.17, 15) is 9.59 Å². The van der Waals surface area contributed by atoms with Crippen LogP contribution in [-0.4, -0.2) is 16.8 Å². The van der Waals surface area contributed by atoms with Crippen LogP contribution in [0.3, 0.4) is 0 Å². The van der Waals surface area contributed by atoms with Gasteiger partial charge in [0.05, 0.1) is 5.69 Å². The molecule has 142 valence electrons. The van der Waals surface area contributed by atoms with Crippen molar-refractivity contribution >= 4 is 28.3 Å². The first-order valence-corrected chi connectivity index (χ1v) is 9.88. The van der Waals surface area contributed by atoms with Gasteiger partial charge in [-0.15, -0.1) is 11.3 Å². The number of ether oxygens (including phenoxy) is 1. The lowest BCUT2D eigenvalue weighted by Gasteiger charge is -2.07. The van der Waals surface area contributed by atoms with Crippen molar-refractivity contribution in [1.29, 1.82) is 0 Å². The Kier molecular flexibility index (Phi) is 5.08. The summed E-state index contributed by atoms with van der Waals surface area (Å²) in [4.78, 5) is 29.4. The van der Waals surface area contributed by atoms with Crippen LogP contribution in [0.2, 0.25) is 0 Å². The summed E-state index contributed by atoms with van der Waals surface area (Å²) in [6, 6.07) is 13.4. The molecule has 1 aliphatic rings. The van der Waals surface area contributed by atoms with Crippen molar-refractivity contribution in [2.45, 2.75) is 25.7 Å². The van der Waals surface area contributed by atoms with E-state index in [0.717, 1.165) is 25.0 Å². The van der Waals surface area contributed by atoms with Crippen LogP contribution in [0.5, 0.6) is 11.5 Å². The third kappa shape index (κ3) is 4.04. The number of nitrogens with zero attached hydrogens (tertiary/aromatic N) is 1. The van der Waals surface area contributed by atoms with Gasteiger partial charge < -0.3 is 10.5 Å². The molecule has 0 saturated carbocycles. The lowest BCUT2D eigenvalue weighted by molar-refractivity contribution is 0.0997. The molecule has 0 unspecified atom stereocenters. The number of carbonyl (C=O) groups is 2. The Morgan fingerprint density at radius 2 is 1.54 bits per heavy atom. The van der Waals surface area contributed by atoms with Gasteiger partial charge in [-0.1, -0.05) is 0 Å². The molecule has 3 aromatic rings. The van der Waals surface area contributed by atoms with Crippen LogP contribution < -0.4 is 15.8 Å². The number of aryl methyl sites for hydroxylation is 2. The first-order chi connectivity index (χ1) is 13.6. The zero-order valence-electron chi connectivity index (χ0n) is 15.1. The van der Waals surface area contributed by atoms with E-state index < -0.39 is 5.91 Å². The Balaban J connectivity index is 1.40. The molecule has 2 aromatic carbocycles. The minimum atomic E-state index is -0.483. The molecule has 0 spiro atoms. The number of hydrogen-bond donors (Lipinski definition) is 2. The Bertz CT molecular complexity index is 987. The fraction of sp³-hybridized carbons (Fsp3) is 0.190. The zero-order chi connectivity index (χ0) is 19.5. The molecule has 3 N–H and O–H groups in total. The fourth-order valence-corrected chi connectivity index (χ4v) is 4.12. The first-order valence-electron chi connectivity index (χ1n) is 9.06. The number of carbonyl (C=O) groups excluding carboxylic acids is 2. The quantitative estimate of drug-likeness (QED) is 0.680. The summed E-state index contributed by atoms with van der Waals surface area (Å²) in [6.45, 7) is 0. The molecule has 0 atom stereocenters. The van der Waals surface area contributed by atoms with E-state index in [4.69, 9.17) is 10.5 Å². The molecular weight excluding hydrogens is 374 g/mol. The predicted molar refractivity (Wildman–Crippen MR) is 108 cm³/mol. The summed E-state index contributed by atoms with van der Waals surface area (Å²) < 4.78 is 5.73. The molecule has 4 rings (SSSR count). The maximum atomic E-state index is 12.5. The van der Waals surface area contributed by atoms with Crippen molar-refractivity contribution in [2.75, 3.05) is 5.32 Å². The standard InChI is InChI=1S/C21H19N3O3S/c22-19(25)13-5-9-15(10-6-13)27-16-11-7-14(8-12-16)20(26)24-21-23-17-3-1-2-4-18(17)28-21/h5-12H,1-4H2,(H2,22,25)(H,23,24,26). The van der Waals surface area contributed by atoms with Gasteiger partial charge in [0, 0.05) is 16.0 Å². The second kappa shape index (κ2) is 7.82. The molecule has 1 heterocycles. The molecule has 1 aromatic heterocycles. The number of thiazole rings is 1. The maximum absolute atomic E-state index is 12.5. The van der Waals surface area contributed by atoms with E-state index in [1.54, 1.807) is 59.9 Å². The van der Waals surface area contributed by atoms with Crippen LogP contribution in [0.4, 0.5) is 5.13 Å². The van der Waals surface area contributed by atoms with Crippen LogP contribution in [0.15, 0.2) is 48.5 Å². The van der Waals surface area contributed by atoms with E-state index in [2.05, 4.69) is 10.3 Å². The molecule has 7 heteroatoms. The summed E-state index contributed by atoms with van der Waals surface area (Å²) in [5, 5.41) is 3.54. The summed E-state index contributed by atoms with van der Waals surface area (Å²) in [6.07, 6.45) is 4.40. The van der Waals surface area contributed by atoms with Gasteiger partial charge in [-0.3, -0.25) is 14.9 Å². The zero-order valence-corrected chi connectivity index (χ0v) is 15.9. The average molecular weight is 393 g/mol. The highest BCUT2D eigenvalue weighted by Gasteiger charge is 2.17. The van der Waals surface area contributed by atoms with E-state index in [1.807, 2.05) is 0 Å². The molecule has 28 heavy (non-hydrogen) atoms. The Labute approximate surface area is 166 Å². The lowest BCUT2D eigenvalue weighted by atomic mass is 10.0. The third-order valence-corrected chi connectivity index (χ3v) is 5.63. The minimum absolute atomic E-state index is 0.191. The monoisotopic (exact) mass is 393 g/mol. The molecular formula is C21H19N3O3S. The SMILES string of the molecule is NC(=O)c1ccc(Oc2ccc(C(=O)Nc3nc4c(s3)CCCC4)cc2)cc1. The van der Waals surface area contributed by atoms with Crippen molar-refractivity contribution in [1.82, 2.24) is 4.98 Å². The van der Waals surface area contributed by atoms with Crippen LogP contribution >= 0.6 is 11.3 Å². The smallest absolute Gasteiger partial charge is 0.257 e. The number of benzene rings is 2. The number of rotatable bonds is 5. The second-order valence-electron chi connectivity index (χ2n) is 6.57. The van der Waals surface area contributed by atoms with Gasteiger partial charge in [0.2, 0.25) is 5.91 Å². The molecule has 0 saturated heterocycles. The van der Waals surface area contributed by atoms with Crippen LogP contribution in [0.1, 0.15) is 44.1 Å². The molecule has 0 aliphatic heterocycles. The lowest BCUT2D eigenvalue weighted by Crippen LogP contribution is -2.11. The number of aromatic nitrogens is 1. The second-order valence-corrected chi connectivity index (χ2v) is 7.65. The average Bonchev–Trinajstić information content (AvgIpc) is 3.11. The van der Waals surface area contributed by atoms with E-state index >= 15 is 0 Å². The van der Waals surface area contributed by atoms with Gasteiger partial charge in [-0.05, 0) is 74.2 Å². The highest BCUT2D eigenvalue weighted by Crippen LogP contribution is 2.30. The number of nitrogens with one attached hydrogen (secondary N) is 1. The highest BCUT2D eigenvalue weighted by molar-refractivity contribution is 7.15. The Morgan fingerprint density at radius 1 is 0.929 bits per heavy atom. The van der Waals surface area contributed by atoms with Crippen molar-refractivity contribution in [3.63, 3.8) is 0 Å². The highest BCUT2D eigenvalue weighted by atomic mass is 32.1. The first kappa shape index (κ1) is 18.2. The van der Waals surface area contributed by atoms with E-state index in [1.165, 1.54) is 11.3 Å². The number of fused-ring (bicyclic) bond motifs is 1. The molecule has 0 bridgehead atoms. The van der Waals surface area contributed by atoms with Gasteiger partial charge >= 0.3 is 0 Å². The molecule has 1 aliphatic carbocycles. The predicted octanol–water partition coefficient (Wildman–Crippen LogP) is 4.17. The van der Waals surface area contributed by atoms with Crippen molar-refractivity contribution < 1.29 is 14.3 Å². The van der Waals surface area contributed by atoms with E-state index in [-0.39, 0.29) is 5.91 Å². The van der Waals surface area contributed by atoms with Crippen LogP contribution in [0.25, 0.3) is 0 Å².